The number of nitrogens with zero attached hydrogens (tertiary/aromatic N) is 1. The van der Waals surface area contributed by atoms with Crippen molar-refractivity contribution in [2.75, 3.05) is 18.1 Å². The van der Waals surface area contributed by atoms with Crippen LogP contribution >= 0.6 is 23.2 Å². The zero-order valence-corrected chi connectivity index (χ0v) is 19.1. The van der Waals surface area contributed by atoms with Crippen LogP contribution in [0.1, 0.15) is 32.3 Å². The van der Waals surface area contributed by atoms with Gasteiger partial charge >= 0.3 is 6.03 Å². The number of amides is 4. The second kappa shape index (κ2) is 10.5. The SMILES string of the molecule is CCCCOc1ccc(C=C2C(=O)NC(=O)N(c3ccc(Cl)c(Cl)c3)C2=O)cc1OCC. The molecule has 7 nitrogen and oxygen atoms in total. The minimum atomic E-state index is -0.870. The van der Waals surface area contributed by atoms with Crippen LogP contribution in [0.3, 0.4) is 0 Å². The van der Waals surface area contributed by atoms with Gasteiger partial charge in [0, 0.05) is 0 Å². The summed E-state index contributed by atoms with van der Waals surface area (Å²) in [4.78, 5) is 38.6. The van der Waals surface area contributed by atoms with Crippen molar-refractivity contribution in [1.82, 2.24) is 5.32 Å². The highest BCUT2D eigenvalue weighted by Gasteiger charge is 2.37. The maximum atomic E-state index is 13.0. The van der Waals surface area contributed by atoms with Crippen molar-refractivity contribution < 1.29 is 23.9 Å². The molecule has 0 unspecified atom stereocenters. The topological polar surface area (TPSA) is 84.9 Å². The number of hydrogen-bond donors (Lipinski definition) is 1. The predicted molar refractivity (Wildman–Crippen MR) is 123 cm³/mol. The molecule has 1 N–H and O–H groups in total. The van der Waals surface area contributed by atoms with Gasteiger partial charge in [-0.1, -0.05) is 42.6 Å². The maximum absolute atomic E-state index is 13.0. The van der Waals surface area contributed by atoms with Crippen LogP contribution < -0.4 is 19.7 Å². The van der Waals surface area contributed by atoms with Crippen molar-refractivity contribution in [1.29, 1.82) is 0 Å². The van der Waals surface area contributed by atoms with Gasteiger partial charge < -0.3 is 9.47 Å². The Morgan fingerprint density at radius 2 is 1.75 bits per heavy atom. The third-order valence-electron chi connectivity index (χ3n) is 4.60. The van der Waals surface area contributed by atoms with Gasteiger partial charge in [0.15, 0.2) is 11.5 Å². The zero-order valence-electron chi connectivity index (χ0n) is 17.6. The average molecular weight is 477 g/mol. The number of carbonyl (C=O) groups excluding carboxylic acids is 3. The molecule has 1 heterocycles. The molecule has 4 amide bonds. The molecule has 168 valence electrons. The Labute approximate surface area is 195 Å². The summed E-state index contributed by atoms with van der Waals surface area (Å²) in [6.45, 7) is 4.89. The van der Waals surface area contributed by atoms with E-state index in [1.54, 1.807) is 18.2 Å². The van der Waals surface area contributed by atoms with E-state index < -0.39 is 17.8 Å². The molecule has 0 spiro atoms. The molecule has 32 heavy (non-hydrogen) atoms. The first-order chi connectivity index (χ1) is 15.3. The Hall–Kier alpha value is -3.03. The van der Waals surface area contributed by atoms with Gasteiger partial charge in [0.1, 0.15) is 5.57 Å². The van der Waals surface area contributed by atoms with Gasteiger partial charge in [-0.15, -0.1) is 0 Å². The maximum Gasteiger partial charge on any atom is 0.335 e. The smallest absolute Gasteiger partial charge is 0.335 e. The molecular formula is C23H22Cl2N2O5. The third-order valence-corrected chi connectivity index (χ3v) is 5.34. The molecule has 1 aliphatic heterocycles. The van der Waals surface area contributed by atoms with Gasteiger partial charge in [0.2, 0.25) is 0 Å². The Balaban J connectivity index is 1.94. The van der Waals surface area contributed by atoms with Crippen molar-refractivity contribution in [3.63, 3.8) is 0 Å². The lowest BCUT2D eigenvalue weighted by atomic mass is 10.1. The van der Waals surface area contributed by atoms with Crippen molar-refractivity contribution in [2.24, 2.45) is 0 Å². The first-order valence-electron chi connectivity index (χ1n) is 10.1. The number of benzene rings is 2. The molecule has 1 saturated heterocycles. The van der Waals surface area contributed by atoms with Crippen LogP contribution in [0, 0.1) is 0 Å². The number of barbiturate groups is 1. The van der Waals surface area contributed by atoms with E-state index in [4.69, 9.17) is 32.7 Å². The fraction of sp³-hybridized carbons (Fsp3) is 0.261. The lowest BCUT2D eigenvalue weighted by Crippen LogP contribution is -2.54. The first-order valence-corrected chi connectivity index (χ1v) is 10.9. The Bertz CT molecular complexity index is 1080. The third kappa shape index (κ3) is 5.23. The number of carbonyl (C=O) groups is 3. The van der Waals surface area contributed by atoms with E-state index in [0.29, 0.717) is 30.3 Å². The highest BCUT2D eigenvalue weighted by Crippen LogP contribution is 2.32. The van der Waals surface area contributed by atoms with E-state index in [-0.39, 0.29) is 21.3 Å². The van der Waals surface area contributed by atoms with Crippen molar-refractivity contribution >= 4 is 52.8 Å². The van der Waals surface area contributed by atoms with Crippen molar-refractivity contribution in [3.05, 3.63) is 57.6 Å². The lowest BCUT2D eigenvalue weighted by molar-refractivity contribution is -0.122. The van der Waals surface area contributed by atoms with Crippen LogP contribution in [-0.4, -0.2) is 31.1 Å². The van der Waals surface area contributed by atoms with Gasteiger partial charge in [0.25, 0.3) is 11.8 Å². The molecule has 0 atom stereocenters. The summed E-state index contributed by atoms with van der Waals surface area (Å²) in [5, 5.41) is 2.62. The number of anilines is 1. The molecule has 0 aliphatic carbocycles. The van der Waals surface area contributed by atoms with Gasteiger partial charge in [-0.05, 0) is 55.3 Å². The molecule has 0 saturated carbocycles. The molecule has 1 aliphatic rings. The average Bonchev–Trinajstić information content (AvgIpc) is 2.75. The number of halogens is 2. The number of hydrogen-bond acceptors (Lipinski definition) is 5. The number of imide groups is 2. The summed E-state index contributed by atoms with van der Waals surface area (Å²) >= 11 is 11.9. The van der Waals surface area contributed by atoms with Gasteiger partial charge in [-0.3, -0.25) is 14.9 Å². The van der Waals surface area contributed by atoms with E-state index in [1.807, 2.05) is 6.92 Å². The molecule has 0 radical (unpaired) electrons. The number of ether oxygens (including phenoxy) is 2. The quantitative estimate of drug-likeness (QED) is 0.320. The highest BCUT2D eigenvalue weighted by atomic mass is 35.5. The fourth-order valence-corrected chi connectivity index (χ4v) is 3.30. The van der Waals surface area contributed by atoms with Crippen LogP contribution in [0.5, 0.6) is 11.5 Å². The highest BCUT2D eigenvalue weighted by molar-refractivity contribution is 6.43. The summed E-state index contributed by atoms with van der Waals surface area (Å²) in [6.07, 6.45) is 3.30. The monoisotopic (exact) mass is 476 g/mol. The number of nitrogens with one attached hydrogen (secondary N) is 1. The van der Waals surface area contributed by atoms with Crippen molar-refractivity contribution in [2.45, 2.75) is 26.7 Å². The molecule has 0 bridgehead atoms. The summed E-state index contributed by atoms with van der Waals surface area (Å²) in [7, 11) is 0. The number of unbranched alkanes of at least 4 members (excludes halogenated alkanes) is 1. The van der Waals surface area contributed by atoms with E-state index in [2.05, 4.69) is 12.2 Å². The lowest BCUT2D eigenvalue weighted by Gasteiger charge is -2.26. The van der Waals surface area contributed by atoms with Crippen molar-refractivity contribution in [3.8, 4) is 11.5 Å². The molecule has 2 aromatic carbocycles. The van der Waals surface area contributed by atoms with Crippen LogP contribution in [0.15, 0.2) is 42.0 Å². The summed E-state index contributed by atoms with van der Waals surface area (Å²) in [5.41, 5.74) is 0.519. The van der Waals surface area contributed by atoms with E-state index in [1.165, 1.54) is 24.3 Å². The van der Waals surface area contributed by atoms with Crippen LogP contribution in [0.4, 0.5) is 10.5 Å². The van der Waals surface area contributed by atoms with E-state index in [9.17, 15) is 14.4 Å². The molecule has 9 heteroatoms. The van der Waals surface area contributed by atoms with E-state index in [0.717, 1.165) is 17.7 Å². The van der Waals surface area contributed by atoms with Gasteiger partial charge in [-0.25, -0.2) is 9.69 Å². The summed E-state index contributed by atoms with van der Waals surface area (Å²) in [5.74, 6) is -0.496. The summed E-state index contributed by atoms with van der Waals surface area (Å²) < 4.78 is 11.4. The largest absolute Gasteiger partial charge is 0.490 e. The standard InChI is InChI=1S/C23H22Cl2N2O5/c1-3-5-10-32-19-9-6-14(12-20(19)31-4-2)11-16-21(28)26-23(30)27(22(16)29)15-7-8-17(24)18(25)13-15/h6-9,11-13H,3-5,10H2,1-2H3,(H,26,28,30). The number of rotatable bonds is 8. The van der Waals surface area contributed by atoms with Crippen LogP contribution in [-0.2, 0) is 9.59 Å². The zero-order chi connectivity index (χ0) is 23.3. The Morgan fingerprint density at radius 3 is 2.44 bits per heavy atom. The molecule has 2 aromatic rings. The molecule has 3 rings (SSSR count). The van der Waals surface area contributed by atoms with Crippen LogP contribution in [0.25, 0.3) is 6.08 Å². The van der Waals surface area contributed by atoms with Gasteiger partial charge in [-0.2, -0.15) is 0 Å². The Morgan fingerprint density at radius 1 is 0.969 bits per heavy atom. The summed E-state index contributed by atoms with van der Waals surface area (Å²) in [6, 6.07) is 8.55. The second-order valence-corrected chi connectivity index (χ2v) is 7.71. The fourth-order valence-electron chi connectivity index (χ4n) is 3.01. The minimum absolute atomic E-state index is 0.173. The Kier molecular flexibility index (Phi) is 7.77. The minimum Gasteiger partial charge on any atom is -0.490 e. The second-order valence-electron chi connectivity index (χ2n) is 6.90. The van der Waals surface area contributed by atoms with Gasteiger partial charge in [0.05, 0.1) is 28.9 Å². The molecular weight excluding hydrogens is 455 g/mol. The first kappa shape index (κ1) is 23.6. The molecule has 1 fully saturated rings. The van der Waals surface area contributed by atoms with E-state index >= 15 is 0 Å². The van der Waals surface area contributed by atoms with Crippen LogP contribution in [0.2, 0.25) is 10.0 Å². The predicted octanol–water partition coefficient (Wildman–Crippen LogP) is 5.24. The normalized spacial score (nSPS) is 15.2. The number of urea groups is 1. The molecule has 0 aromatic heterocycles.